The summed E-state index contributed by atoms with van der Waals surface area (Å²) in [4.78, 5) is 39.2. The van der Waals surface area contributed by atoms with Gasteiger partial charge < -0.3 is 20.3 Å². The van der Waals surface area contributed by atoms with Crippen LogP contribution in [0.1, 0.15) is 29.3 Å². The zero-order chi connectivity index (χ0) is 27.1. The predicted molar refractivity (Wildman–Crippen MR) is 146 cm³/mol. The van der Waals surface area contributed by atoms with Crippen molar-refractivity contribution in [2.45, 2.75) is 18.6 Å². The van der Waals surface area contributed by atoms with E-state index in [4.69, 9.17) is 4.74 Å². The average Bonchev–Trinajstić information content (AvgIpc) is 3.20. The monoisotopic (exact) mass is 532 g/mol. The van der Waals surface area contributed by atoms with Gasteiger partial charge in [-0.05, 0) is 67.6 Å². The number of phenols is 2. The molecular formula is C27H24N4O6S. The molecule has 1 aliphatic heterocycles. The third-order valence-electron chi connectivity index (χ3n) is 5.37. The lowest BCUT2D eigenvalue weighted by molar-refractivity contribution is -0.121. The summed E-state index contributed by atoms with van der Waals surface area (Å²) < 4.78 is 4.95. The van der Waals surface area contributed by atoms with Crippen LogP contribution in [-0.2, 0) is 14.3 Å². The first kappa shape index (κ1) is 26.4. The molecule has 4 rings (SSSR count). The van der Waals surface area contributed by atoms with Crippen LogP contribution in [0.3, 0.4) is 0 Å². The Bertz CT molecular complexity index is 1390. The Kier molecular flexibility index (Phi) is 8.39. The quantitative estimate of drug-likeness (QED) is 0.225. The molecule has 3 N–H and O–H groups in total. The van der Waals surface area contributed by atoms with Crippen LogP contribution in [0.5, 0.6) is 11.5 Å². The average molecular weight is 533 g/mol. The Labute approximate surface area is 222 Å². The van der Waals surface area contributed by atoms with Crippen LogP contribution in [0.25, 0.3) is 0 Å². The predicted octanol–water partition coefficient (Wildman–Crippen LogP) is 4.14. The molecule has 1 aliphatic rings. The second-order valence-corrected chi connectivity index (χ2v) is 9.20. The topological polar surface area (TPSA) is 141 Å². The molecule has 11 heteroatoms. The standard InChI is InChI=1S/C27H24N4O6S/c1-2-37-26(36)17-7-9-19(10-8-17)29-24(34)15-23-25(35)31(20-11-13-21(32)14-12-20)27(38-23)30-28-16-18-5-3-4-6-22(18)33/h3-14,16,23,32-33H,2,15H2,1H3,(H,29,34)/b28-16-,30-27+. The smallest absolute Gasteiger partial charge is 0.338 e. The molecule has 38 heavy (non-hydrogen) atoms. The highest BCUT2D eigenvalue weighted by Crippen LogP contribution is 2.34. The summed E-state index contributed by atoms with van der Waals surface area (Å²) in [6.07, 6.45) is 1.22. The van der Waals surface area contributed by atoms with E-state index in [9.17, 15) is 24.6 Å². The van der Waals surface area contributed by atoms with E-state index >= 15 is 0 Å². The first-order valence-corrected chi connectivity index (χ1v) is 12.5. The van der Waals surface area contributed by atoms with Gasteiger partial charge in [0.2, 0.25) is 11.8 Å². The number of nitrogens with one attached hydrogen (secondary N) is 1. The van der Waals surface area contributed by atoms with Gasteiger partial charge in [0.05, 0.1) is 24.1 Å². The Morgan fingerprint density at radius 2 is 1.76 bits per heavy atom. The van der Waals surface area contributed by atoms with Gasteiger partial charge in [0.15, 0.2) is 5.17 Å². The van der Waals surface area contributed by atoms with Crippen molar-refractivity contribution in [1.82, 2.24) is 0 Å². The van der Waals surface area contributed by atoms with Gasteiger partial charge in [-0.1, -0.05) is 23.9 Å². The third kappa shape index (κ3) is 6.37. The summed E-state index contributed by atoms with van der Waals surface area (Å²) >= 11 is 1.08. The number of amidine groups is 1. The molecule has 0 bridgehead atoms. The van der Waals surface area contributed by atoms with Crippen molar-refractivity contribution in [2.75, 3.05) is 16.8 Å². The Morgan fingerprint density at radius 1 is 1.05 bits per heavy atom. The number of rotatable bonds is 8. The van der Waals surface area contributed by atoms with E-state index in [1.807, 2.05) is 0 Å². The van der Waals surface area contributed by atoms with E-state index in [-0.39, 0.29) is 35.6 Å². The van der Waals surface area contributed by atoms with Crippen LogP contribution in [-0.4, -0.2) is 51.2 Å². The number of hydrogen-bond acceptors (Lipinski definition) is 9. The van der Waals surface area contributed by atoms with Gasteiger partial charge in [-0.15, -0.1) is 5.10 Å². The van der Waals surface area contributed by atoms with Crippen LogP contribution in [0.2, 0.25) is 0 Å². The summed E-state index contributed by atoms with van der Waals surface area (Å²) in [5.74, 6) is -1.15. The van der Waals surface area contributed by atoms with E-state index < -0.39 is 17.1 Å². The molecule has 1 fully saturated rings. The molecule has 3 aromatic carbocycles. The van der Waals surface area contributed by atoms with Gasteiger partial charge in [-0.2, -0.15) is 5.10 Å². The van der Waals surface area contributed by atoms with Crippen molar-refractivity contribution in [3.8, 4) is 11.5 Å². The van der Waals surface area contributed by atoms with E-state index in [1.54, 1.807) is 61.5 Å². The molecule has 10 nitrogen and oxygen atoms in total. The minimum absolute atomic E-state index is 0.0341. The van der Waals surface area contributed by atoms with Crippen molar-refractivity contribution in [3.63, 3.8) is 0 Å². The number of carbonyl (C=O) groups excluding carboxylic acids is 3. The summed E-state index contributed by atoms with van der Waals surface area (Å²) in [5, 5.41) is 30.0. The van der Waals surface area contributed by atoms with Crippen molar-refractivity contribution >= 4 is 52.3 Å². The maximum absolute atomic E-state index is 13.3. The lowest BCUT2D eigenvalue weighted by Crippen LogP contribution is -2.33. The molecule has 3 aromatic rings. The summed E-state index contributed by atoms with van der Waals surface area (Å²) in [5.41, 5.74) is 1.73. The van der Waals surface area contributed by atoms with Crippen LogP contribution in [0.15, 0.2) is 83.0 Å². The molecule has 1 saturated heterocycles. The molecule has 0 radical (unpaired) electrons. The number of phenolic OH excluding ortho intramolecular Hbond substituents is 2. The Morgan fingerprint density at radius 3 is 2.45 bits per heavy atom. The van der Waals surface area contributed by atoms with Gasteiger partial charge in [0.25, 0.3) is 0 Å². The highest BCUT2D eigenvalue weighted by Gasteiger charge is 2.40. The molecule has 1 unspecified atom stereocenters. The summed E-state index contributed by atoms with van der Waals surface area (Å²) in [6.45, 7) is 1.98. The number of ether oxygens (including phenoxy) is 1. The van der Waals surface area contributed by atoms with Gasteiger partial charge in [0, 0.05) is 17.7 Å². The van der Waals surface area contributed by atoms with Crippen molar-refractivity contribution in [2.24, 2.45) is 10.2 Å². The van der Waals surface area contributed by atoms with E-state index in [0.29, 0.717) is 22.5 Å². The van der Waals surface area contributed by atoms with E-state index in [1.165, 1.54) is 29.3 Å². The second-order valence-electron chi connectivity index (χ2n) is 8.03. The second kappa shape index (κ2) is 12.1. The van der Waals surface area contributed by atoms with Crippen molar-refractivity contribution in [1.29, 1.82) is 0 Å². The number of carbonyl (C=O) groups is 3. The highest BCUT2D eigenvalue weighted by molar-refractivity contribution is 8.16. The SMILES string of the molecule is CCOC(=O)c1ccc(NC(=O)CC2S/C(=N/N=C\c3ccccc3O)N(c3ccc(O)cc3)C2=O)cc1. The molecular weight excluding hydrogens is 508 g/mol. The molecule has 0 spiro atoms. The number of nitrogens with zero attached hydrogens (tertiary/aromatic N) is 3. The minimum Gasteiger partial charge on any atom is -0.508 e. The number of amides is 2. The number of esters is 1. The van der Waals surface area contributed by atoms with Gasteiger partial charge in [0.1, 0.15) is 16.7 Å². The number of hydrogen-bond donors (Lipinski definition) is 3. The normalized spacial score (nSPS) is 16.2. The molecule has 0 aromatic heterocycles. The third-order valence-corrected chi connectivity index (χ3v) is 6.50. The molecule has 1 heterocycles. The lowest BCUT2D eigenvalue weighted by Gasteiger charge is -2.16. The Hall–Kier alpha value is -4.64. The van der Waals surface area contributed by atoms with Crippen LogP contribution >= 0.6 is 11.8 Å². The number of para-hydroxylation sites is 1. The van der Waals surface area contributed by atoms with Crippen molar-refractivity contribution < 1.29 is 29.3 Å². The minimum atomic E-state index is -0.776. The maximum Gasteiger partial charge on any atom is 0.338 e. The fraction of sp³-hybridized carbons (Fsp3) is 0.148. The fourth-order valence-corrected chi connectivity index (χ4v) is 4.62. The molecule has 0 aliphatic carbocycles. The maximum atomic E-state index is 13.3. The van der Waals surface area contributed by atoms with E-state index in [2.05, 4.69) is 15.5 Å². The molecule has 194 valence electrons. The zero-order valence-electron chi connectivity index (χ0n) is 20.3. The van der Waals surface area contributed by atoms with Gasteiger partial charge >= 0.3 is 5.97 Å². The molecule has 2 amide bonds. The summed E-state index contributed by atoms with van der Waals surface area (Å²) in [7, 11) is 0. The van der Waals surface area contributed by atoms with Crippen LogP contribution in [0.4, 0.5) is 11.4 Å². The molecule has 0 saturated carbocycles. The lowest BCUT2D eigenvalue weighted by atomic mass is 10.2. The highest BCUT2D eigenvalue weighted by atomic mass is 32.2. The summed E-state index contributed by atoms with van der Waals surface area (Å²) in [6, 6.07) is 18.9. The van der Waals surface area contributed by atoms with E-state index in [0.717, 1.165) is 11.8 Å². The van der Waals surface area contributed by atoms with Crippen LogP contribution < -0.4 is 10.2 Å². The molecule has 1 atom stereocenters. The Balaban J connectivity index is 1.49. The van der Waals surface area contributed by atoms with Crippen molar-refractivity contribution in [3.05, 3.63) is 83.9 Å². The first-order chi connectivity index (χ1) is 18.4. The zero-order valence-corrected chi connectivity index (χ0v) is 21.1. The van der Waals surface area contributed by atoms with Crippen LogP contribution in [0, 0.1) is 0 Å². The first-order valence-electron chi connectivity index (χ1n) is 11.6. The van der Waals surface area contributed by atoms with Gasteiger partial charge in [-0.25, -0.2) is 4.79 Å². The number of aromatic hydroxyl groups is 2. The largest absolute Gasteiger partial charge is 0.508 e. The van der Waals surface area contributed by atoms with Gasteiger partial charge in [-0.3, -0.25) is 14.5 Å². The fourth-order valence-electron chi connectivity index (χ4n) is 3.53. The number of thioether (sulfide) groups is 1. The number of benzene rings is 3. The number of anilines is 2.